The molecule has 0 fully saturated rings. The van der Waals surface area contributed by atoms with Gasteiger partial charge in [-0.15, -0.1) is 0 Å². The van der Waals surface area contributed by atoms with Gasteiger partial charge in [-0.25, -0.2) is 9.97 Å². The molecule has 0 aliphatic rings. The lowest BCUT2D eigenvalue weighted by Crippen LogP contribution is -2.29. The maximum atomic E-state index is 10.0. The van der Waals surface area contributed by atoms with Crippen LogP contribution in [0.3, 0.4) is 0 Å². The Morgan fingerprint density at radius 2 is 1.94 bits per heavy atom. The van der Waals surface area contributed by atoms with Gasteiger partial charge in [-0.1, -0.05) is 16.8 Å². The first kappa shape index (κ1) is 28.1. The molecular weight excluding hydrogens is 480 g/mol. The topological polar surface area (TPSA) is 103 Å². The van der Waals surface area contributed by atoms with E-state index in [1.54, 1.807) is 26.3 Å². The normalized spacial score (nSPS) is 12.7. The molecular formula is C27H37ClN4O4. The quantitative estimate of drug-likeness (QED) is 0.343. The molecule has 0 amide bonds. The average Bonchev–Trinajstić information content (AvgIpc) is 3.17. The van der Waals surface area contributed by atoms with Gasteiger partial charge in [0, 0.05) is 24.9 Å². The second-order valence-electron chi connectivity index (χ2n) is 9.65. The summed E-state index contributed by atoms with van der Waals surface area (Å²) >= 11 is 6.62. The lowest BCUT2D eigenvalue weighted by molar-refractivity contribution is 0.0139. The zero-order chi connectivity index (χ0) is 26.5. The maximum Gasteiger partial charge on any atom is 0.161 e. The molecule has 1 atom stereocenters. The number of likely N-dealkylation sites (N-methyl/N-ethyl adjacent to an activating group) is 1. The molecule has 0 aliphatic carbocycles. The molecule has 8 nitrogen and oxygen atoms in total. The summed E-state index contributed by atoms with van der Waals surface area (Å²) in [6.45, 7) is 10.6. The molecule has 196 valence electrons. The summed E-state index contributed by atoms with van der Waals surface area (Å²) in [5.41, 5.74) is 4.80. The zero-order valence-electron chi connectivity index (χ0n) is 22.2. The van der Waals surface area contributed by atoms with Crippen LogP contribution in [0.4, 0.5) is 0 Å². The number of aliphatic hydroxyl groups is 1. The number of ether oxygens (including phenoxy) is 2. The molecule has 3 aromatic rings. The van der Waals surface area contributed by atoms with Crippen LogP contribution in [0.25, 0.3) is 22.6 Å². The van der Waals surface area contributed by atoms with Crippen LogP contribution in [-0.4, -0.2) is 59.2 Å². The van der Waals surface area contributed by atoms with Crippen molar-refractivity contribution in [1.29, 1.82) is 0 Å². The fourth-order valence-corrected chi connectivity index (χ4v) is 4.23. The van der Waals surface area contributed by atoms with Crippen molar-refractivity contribution in [2.45, 2.75) is 65.6 Å². The number of aryl methyl sites for hydroxylation is 3. The summed E-state index contributed by atoms with van der Waals surface area (Å²) in [7, 11) is 3.52. The second kappa shape index (κ2) is 12.1. The lowest BCUT2D eigenvalue weighted by Gasteiger charge is -2.22. The van der Waals surface area contributed by atoms with Crippen LogP contribution in [0.1, 0.15) is 49.4 Å². The van der Waals surface area contributed by atoms with Crippen molar-refractivity contribution in [2.24, 2.45) is 0 Å². The van der Waals surface area contributed by atoms with E-state index in [4.69, 9.17) is 35.6 Å². The largest absolute Gasteiger partial charge is 0.491 e. The highest BCUT2D eigenvalue weighted by Gasteiger charge is 2.22. The van der Waals surface area contributed by atoms with Crippen LogP contribution >= 0.6 is 11.6 Å². The first-order valence-electron chi connectivity index (χ1n) is 12.2. The number of hydrogen-bond donors (Lipinski definition) is 2. The summed E-state index contributed by atoms with van der Waals surface area (Å²) in [5, 5.41) is 17.6. The van der Waals surface area contributed by atoms with E-state index < -0.39 is 6.10 Å². The van der Waals surface area contributed by atoms with Gasteiger partial charge in [0.1, 0.15) is 24.2 Å². The highest BCUT2D eigenvalue weighted by molar-refractivity contribution is 6.33. The lowest BCUT2D eigenvalue weighted by atomic mass is 9.97. The molecule has 0 radical (unpaired) electrons. The molecule has 36 heavy (non-hydrogen) atoms. The number of nitrogens with zero attached hydrogens (tertiary/aromatic N) is 3. The van der Waals surface area contributed by atoms with Gasteiger partial charge in [-0.05, 0) is 84.7 Å². The molecule has 2 heterocycles. The Hall–Kier alpha value is -2.52. The third-order valence-corrected chi connectivity index (χ3v) is 6.65. The predicted molar refractivity (Wildman–Crippen MR) is 142 cm³/mol. The number of nitrogens with one attached hydrogen (secondary N) is 1. The summed E-state index contributed by atoms with van der Waals surface area (Å²) < 4.78 is 16.8. The van der Waals surface area contributed by atoms with Crippen LogP contribution < -0.4 is 10.1 Å². The highest BCUT2D eigenvalue weighted by atomic mass is 35.5. The van der Waals surface area contributed by atoms with Crippen LogP contribution in [-0.2, 0) is 11.2 Å². The van der Waals surface area contributed by atoms with Gasteiger partial charge < -0.3 is 24.4 Å². The summed E-state index contributed by atoms with van der Waals surface area (Å²) in [6.07, 6.45) is 1.93. The van der Waals surface area contributed by atoms with Crippen LogP contribution in [0.15, 0.2) is 22.7 Å². The molecule has 3 rings (SSSR count). The molecule has 0 unspecified atom stereocenters. The Morgan fingerprint density at radius 3 is 2.58 bits per heavy atom. The van der Waals surface area contributed by atoms with Gasteiger partial charge >= 0.3 is 0 Å². The number of methoxy groups -OCH3 is 1. The molecule has 1 aromatic carbocycles. The van der Waals surface area contributed by atoms with E-state index in [2.05, 4.69) is 24.3 Å². The summed E-state index contributed by atoms with van der Waals surface area (Å²) in [4.78, 5) is 9.87. The molecule has 0 saturated carbocycles. The van der Waals surface area contributed by atoms with E-state index in [9.17, 15) is 5.11 Å². The van der Waals surface area contributed by atoms with Crippen LogP contribution in [0.5, 0.6) is 5.75 Å². The van der Waals surface area contributed by atoms with Gasteiger partial charge in [-0.2, -0.15) is 0 Å². The Labute approximate surface area is 218 Å². The van der Waals surface area contributed by atoms with Crippen molar-refractivity contribution < 1.29 is 19.1 Å². The van der Waals surface area contributed by atoms with E-state index in [0.29, 0.717) is 34.5 Å². The molecule has 2 aromatic heterocycles. The smallest absolute Gasteiger partial charge is 0.161 e. The minimum Gasteiger partial charge on any atom is -0.491 e. The van der Waals surface area contributed by atoms with E-state index in [-0.39, 0.29) is 12.2 Å². The molecule has 9 heteroatoms. The predicted octanol–water partition coefficient (Wildman–Crippen LogP) is 5.08. The number of halogens is 1. The van der Waals surface area contributed by atoms with E-state index in [0.717, 1.165) is 47.5 Å². The van der Waals surface area contributed by atoms with E-state index in [1.165, 1.54) is 0 Å². The van der Waals surface area contributed by atoms with Gasteiger partial charge in [0.2, 0.25) is 0 Å². The van der Waals surface area contributed by atoms with Crippen molar-refractivity contribution >= 4 is 11.6 Å². The first-order chi connectivity index (χ1) is 17.1. The Bertz CT molecular complexity index is 1160. The van der Waals surface area contributed by atoms with Crippen LogP contribution in [0.2, 0.25) is 5.02 Å². The average molecular weight is 517 g/mol. The number of aliphatic hydroxyl groups excluding tert-OH is 1. The SMILES string of the molecule is CNC[C@H](O)COc1ccc(Cl)c(-c2nc(CCCC(C)(C)OC)c(C)c(-c3c(C)noc3C)n2)c1. The minimum atomic E-state index is -0.626. The first-order valence-corrected chi connectivity index (χ1v) is 12.6. The molecule has 2 N–H and O–H groups in total. The van der Waals surface area contributed by atoms with Gasteiger partial charge in [0.05, 0.1) is 27.6 Å². The van der Waals surface area contributed by atoms with E-state index >= 15 is 0 Å². The van der Waals surface area contributed by atoms with Gasteiger partial charge in [0.15, 0.2) is 5.82 Å². The monoisotopic (exact) mass is 516 g/mol. The molecule has 0 saturated heterocycles. The maximum absolute atomic E-state index is 10.0. The third kappa shape index (κ3) is 6.82. The minimum absolute atomic E-state index is 0.154. The number of rotatable bonds is 12. The summed E-state index contributed by atoms with van der Waals surface area (Å²) in [6, 6.07) is 5.35. The fourth-order valence-electron chi connectivity index (χ4n) is 4.03. The van der Waals surface area contributed by atoms with Crippen molar-refractivity contribution in [3.05, 3.63) is 45.9 Å². The Morgan fingerprint density at radius 1 is 1.19 bits per heavy atom. The zero-order valence-corrected chi connectivity index (χ0v) is 23.0. The Kier molecular flexibility index (Phi) is 9.47. The van der Waals surface area contributed by atoms with Crippen molar-refractivity contribution in [2.75, 3.05) is 27.3 Å². The fraction of sp³-hybridized carbons (Fsp3) is 0.519. The van der Waals surface area contributed by atoms with E-state index in [1.807, 2.05) is 26.8 Å². The van der Waals surface area contributed by atoms with Crippen molar-refractivity contribution in [3.63, 3.8) is 0 Å². The van der Waals surface area contributed by atoms with Crippen molar-refractivity contribution in [1.82, 2.24) is 20.4 Å². The molecule has 0 aliphatic heterocycles. The Balaban J connectivity index is 2.04. The number of aromatic nitrogens is 3. The number of benzene rings is 1. The van der Waals surface area contributed by atoms with Crippen molar-refractivity contribution in [3.8, 4) is 28.4 Å². The summed E-state index contributed by atoms with van der Waals surface area (Å²) in [5.74, 6) is 1.78. The van der Waals surface area contributed by atoms with Gasteiger partial charge in [0.25, 0.3) is 0 Å². The third-order valence-electron chi connectivity index (χ3n) is 6.32. The van der Waals surface area contributed by atoms with Gasteiger partial charge in [-0.3, -0.25) is 0 Å². The highest BCUT2D eigenvalue weighted by Crippen LogP contribution is 2.35. The standard InChI is InChI=1S/C27H37ClN4O4/c1-16-23(9-8-12-27(4,5)34-7)30-26(31-25(16)24-17(2)32-36-18(24)3)21-13-20(10-11-22(21)28)35-15-19(33)14-29-6/h10-11,13,19,29,33H,8-9,12,14-15H2,1-7H3/t19-/m0/s1. The molecule has 0 bridgehead atoms. The molecule has 0 spiro atoms. The van der Waals surface area contributed by atoms with Crippen LogP contribution in [0, 0.1) is 20.8 Å². The number of hydrogen-bond acceptors (Lipinski definition) is 8. The second-order valence-corrected chi connectivity index (χ2v) is 10.1.